The molecule has 3 N–H and O–H groups in total. The summed E-state index contributed by atoms with van der Waals surface area (Å²) in [4.78, 5) is 42.5. The lowest BCUT2D eigenvalue weighted by atomic mass is 10.2. The molecule has 186 valence electrons. The average molecular weight is 487 g/mol. The van der Waals surface area contributed by atoms with Crippen LogP contribution in [0.5, 0.6) is 0 Å². The molecule has 1 amide bonds. The van der Waals surface area contributed by atoms with Gasteiger partial charge in [-0.2, -0.15) is 0 Å². The zero-order chi connectivity index (χ0) is 25.5. The van der Waals surface area contributed by atoms with Crippen molar-refractivity contribution in [2.24, 2.45) is 0 Å². The van der Waals surface area contributed by atoms with Crippen LogP contribution in [-0.2, 0) is 17.8 Å². The van der Waals surface area contributed by atoms with Crippen LogP contribution in [0.1, 0.15) is 37.5 Å². The Bertz CT molecular complexity index is 1420. The summed E-state index contributed by atoms with van der Waals surface area (Å²) in [5.41, 5.74) is 6.88. The maximum Gasteiger partial charge on any atom is 0.330 e. The van der Waals surface area contributed by atoms with Crippen LogP contribution in [0.15, 0.2) is 86.8 Å². The number of carbonyl (C=O) groups excluding carboxylic acids is 1. The first kappa shape index (κ1) is 24.8. The van der Waals surface area contributed by atoms with Gasteiger partial charge in [-0.3, -0.25) is 19.1 Å². The van der Waals surface area contributed by atoms with Crippen LogP contribution in [0.3, 0.4) is 0 Å². The van der Waals surface area contributed by atoms with Gasteiger partial charge in [-0.15, -0.1) is 0 Å². The van der Waals surface area contributed by atoms with Gasteiger partial charge in [-0.05, 0) is 24.1 Å². The first-order chi connectivity index (χ1) is 17.5. The summed E-state index contributed by atoms with van der Waals surface area (Å²) in [5.74, 6) is 1.12. The molecule has 0 unspecified atom stereocenters. The van der Waals surface area contributed by atoms with Gasteiger partial charge >= 0.3 is 5.69 Å². The highest BCUT2D eigenvalue weighted by molar-refractivity contribution is 5.95. The summed E-state index contributed by atoms with van der Waals surface area (Å²) in [6.07, 6.45) is 2.00. The van der Waals surface area contributed by atoms with E-state index in [0.29, 0.717) is 25.1 Å². The van der Waals surface area contributed by atoms with Crippen molar-refractivity contribution in [2.45, 2.75) is 39.2 Å². The van der Waals surface area contributed by atoms with Gasteiger partial charge in [0.15, 0.2) is 5.69 Å². The Morgan fingerprint density at radius 1 is 1.00 bits per heavy atom. The first-order valence-corrected chi connectivity index (χ1v) is 12.1. The third-order valence-electron chi connectivity index (χ3n) is 6.01. The molecule has 0 spiro atoms. The van der Waals surface area contributed by atoms with Crippen LogP contribution < -0.4 is 21.9 Å². The molecule has 36 heavy (non-hydrogen) atoms. The van der Waals surface area contributed by atoms with E-state index >= 15 is 0 Å². The second kappa shape index (κ2) is 11.4. The minimum atomic E-state index is -0.671. The number of aromatic amines is 1. The minimum absolute atomic E-state index is 0.00778. The number of hydrogen-bond donors (Lipinski definition) is 2. The predicted octanol–water partition coefficient (Wildman–Crippen LogP) is 4.19. The largest absolute Gasteiger partial charge is 0.461 e. The van der Waals surface area contributed by atoms with E-state index in [1.807, 2.05) is 79.7 Å². The van der Waals surface area contributed by atoms with Gasteiger partial charge < -0.3 is 15.1 Å². The van der Waals surface area contributed by atoms with Gasteiger partial charge in [-0.25, -0.2) is 4.79 Å². The number of furan rings is 1. The SMILES string of the molecule is CCCCN(C(=O)CCc1ccc(-c2ccccc2)o1)c1c(N)n(Cc2ccccc2)c(=O)[nH]c1=O. The Kier molecular flexibility index (Phi) is 7.85. The zero-order valence-corrected chi connectivity index (χ0v) is 20.3. The maximum absolute atomic E-state index is 13.3. The molecule has 2 heterocycles. The summed E-state index contributed by atoms with van der Waals surface area (Å²) in [6, 6.07) is 22.8. The van der Waals surface area contributed by atoms with Crippen molar-refractivity contribution in [2.75, 3.05) is 17.2 Å². The van der Waals surface area contributed by atoms with E-state index in [2.05, 4.69) is 4.98 Å². The van der Waals surface area contributed by atoms with E-state index in [1.165, 1.54) is 9.47 Å². The van der Waals surface area contributed by atoms with Crippen molar-refractivity contribution in [3.05, 3.63) is 105 Å². The van der Waals surface area contributed by atoms with Gasteiger partial charge in [0.25, 0.3) is 5.56 Å². The Morgan fingerprint density at radius 3 is 2.39 bits per heavy atom. The molecule has 8 heteroatoms. The van der Waals surface area contributed by atoms with E-state index in [1.54, 1.807) is 0 Å². The Labute approximate surface area is 209 Å². The molecule has 8 nitrogen and oxygen atoms in total. The Hall–Kier alpha value is -4.33. The summed E-state index contributed by atoms with van der Waals surface area (Å²) in [7, 11) is 0. The standard InChI is InChI=1S/C28H30N4O4/c1-2-3-18-31(24(33)17-15-22-14-16-23(36-22)21-12-8-5-9-13-21)25-26(29)32(28(35)30-27(25)34)19-20-10-6-4-7-11-20/h4-14,16H,2-3,15,17-19,29H2,1H3,(H,30,34,35). The quantitative estimate of drug-likeness (QED) is 0.349. The number of benzene rings is 2. The van der Waals surface area contributed by atoms with E-state index < -0.39 is 11.2 Å². The number of unbranched alkanes of at least 4 members (excludes halogenated alkanes) is 1. The fourth-order valence-corrected chi connectivity index (χ4v) is 4.07. The molecule has 0 saturated heterocycles. The summed E-state index contributed by atoms with van der Waals surface area (Å²) < 4.78 is 7.22. The maximum atomic E-state index is 13.3. The molecule has 4 rings (SSSR count). The number of nitrogens with one attached hydrogen (secondary N) is 1. The van der Waals surface area contributed by atoms with Crippen molar-refractivity contribution >= 4 is 17.4 Å². The first-order valence-electron chi connectivity index (χ1n) is 12.1. The molecule has 0 fully saturated rings. The van der Waals surface area contributed by atoms with Crippen LogP contribution in [0.25, 0.3) is 11.3 Å². The van der Waals surface area contributed by atoms with Crippen molar-refractivity contribution in [3.8, 4) is 11.3 Å². The van der Waals surface area contributed by atoms with Gasteiger partial charge in [0, 0.05) is 24.9 Å². The molecular weight excluding hydrogens is 456 g/mol. The number of nitrogens with zero attached hydrogens (tertiary/aromatic N) is 2. The van der Waals surface area contributed by atoms with Gasteiger partial charge in [0.2, 0.25) is 5.91 Å². The van der Waals surface area contributed by atoms with Crippen LogP contribution in [-0.4, -0.2) is 22.0 Å². The van der Waals surface area contributed by atoms with Crippen molar-refractivity contribution in [1.82, 2.24) is 9.55 Å². The Balaban J connectivity index is 1.58. The average Bonchev–Trinajstić information content (AvgIpc) is 3.37. The van der Waals surface area contributed by atoms with Crippen molar-refractivity contribution < 1.29 is 9.21 Å². The summed E-state index contributed by atoms with van der Waals surface area (Å²) in [6.45, 7) is 2.50. The number of carbonyl (C=O) groups is 1. The third-order valence-corrected chi connectivity index (χ3v) is 6.01. The van der Waals surface area contributed by atoms with E-state index in [-0.39, 0.29) is 30.4 Å². The number of H-pyrrole nitrogens is 1. The highest BCUT2D eigenvalue weighted by Gasteiger charge is 2.24. The monoisotopic (exact) mass is 486 g/mol. The molecular formula is C28H30N4O4. The lowest BCUT2D eigenvalue weighted by Gasteiger charge is -2.24. The molecule has 0 aliphatic carbocycles. The van der Waals surface area contributed by atoms with Crippen molar-refractivity contribution in [3.63, 3.8) is 0 Å². The highest BCUT2D eigenvalue weighted by Crippen LogP contribution is 2.24. The number of amides is 1. The van der Waals surface area contributed by atoms with Crippen LogP contribution in [0, 0.1) is 0 Å². The normalized spacial score (nSPS) is 10.9. The number of hydrogen-bond acceptors (Lipinski definition) is 5. The van der Waals surface area contributed by atoms with E-state index in [9.17, 15) is 14.4 Å². The van der Waals surface area contributed by atoms with E-state index in [0.717, 1.165) is 23.3 Å². The van der Waals surface area contributed by atoms with E-state index in [4.69, 9.17) is 10.2 Å². The Morgan fingerprint density at radius 2 is 1.69 bits per heavy atom. The highest BCUT2D eigenvalue weighted by atomic mass is 16.3. The number of aryl methyl sites for hydroxylation is 1. The molecule has 2 aromatic heterocycles. The summed E-state index contributed by atoms with van der Waals surface area (Å²) >= 11 is 0. The summed E-state index contributed by atoms with van der Waals surface area (Å²) in [5, 5.41) is 0. The van der Waals surface area contributed by atoms with Gasteiger partial charge in [0.05, 0.1) is 6.54 Å². The predicted molar refractivity (Wildman–Crippen MR) is 141 cm³/mol. The van der Waals surface area contributed by atoms with Crippen LogP contribution >= 0.6 is 0 Å². The number of rotatable bonds is 10. The molecule has 0 aliphatic rings. The lowest BCUT2D eigenvalue weighted by molar-refractivity contribution is -0.118. The molecule has 0 saturated carbocycles. The smallest absolute Gasteiger partial charge is 0.330 e. The van der Waals surface area contributed by atoms with Crippen LogP contribution in [0.2, 0.25) is 0 Å². The molecule has 0 radical (unpaired) electrons. The molecule has 0 bridgehead atoms. The van der Waals surface area contributed by atoms with Gasteiger partial charge in [-0.1, -0.05) is 74.0 Å². The van der Waals surface area contributed by atoms with Crippen LogP contribution in [0.4, 0.5) is 11.5 Å². The second-order valence-electron chi connectivity index (χ2n) is 8.60. The number of anilines is 2. The minimum Gasteiger partial charge on any atom is -0.461 e. The molecule has 4 aromatic rings. The fraction of sp³-hybridized carbons (Fsp3) is 0.250. The lowest BCUT2D eigenvalue weighted by Crippen LogP contribution is -2.41. The molecule has 0 atom stereocenters. The second-order valence-corrected chi connectivity index (χ2v) is 8.60. The topological polar surface area (TPSA) is 114 Å². The third kappa shape index (κ3) is 5.66. The molecule has 0 aliphatic heterocycles. The molecule has 2 aromatic carbocycles. The number of nitrogen functional groups attached to an aromatic ring is 1. The van der Waals surface area contributed by atoms with Gasteiger partial charge in [0.1, 0.15) is 17.3 Å². The van der Waals surface area contributed by atoms with Crippen molar-refractivity contribution in [1.29, 1.82) is 0 Å². The number of nitrogens with two attached hydrogens (primary N) is 1. The fourth-order valence-electron chi connectivity index (χ4n) is 4.07. The zero-order valence-electron chi connectivity index (χ0n) is 20.3. The number of aromatic nitrogens is 2.